The fourth-order valence-electron chi connectivity index (χ4n) is 2.12. The van der Waals surface area contributed by atoms with E-state index in [2.05, 4.69) is 10.6 Å². The number of ether oxygens (including phenoxy) is 2. The quantitative estimate of drug-likeness (QED) is 0.161. The van der Waals surface area contributed by atoms with Gasteiger partial charge in [0.05, 0.1) is 29.5 Å². The number of allylic oxidation sites excluding steroid dienone is 8. The van der Waals surface area contributed by atoms with Gasteiger partial charge >= 0.3 is 37.3 Å². The SMILES string of the molecule is COC1=CC=C/C(=C/NCCN/C=C2/C=CC=C(OC)C2=O)C1=O.O=[N+]([O-])[O-].O=[N+]([O-])[O-].O=[N+]([O-])[O-].[Er+3]. The van der Waals surface area contributed by atoms with Gasteiger partial charge in [-0.15, -0.1) is 0 Å². The van der Waals surface area contributed by atoms with Crippen LogP contribution in [0.4, 0.5) is 0 Å². The van der Waals surface area contributed by atoms with E-state index in [0.717, 1.165) is 0 Å². The van der Waals surface area contributed by atoms with E-state index in [4.69, 9.17) is 55.4 Å². The molecule has 18 nitrogen and oxygen atoms in total. The maximum Gasteiger partial charge on any atom is 3.00 e. The minimum absolute atomic E-state index is 0. The second-order valence-corrected chi connectivity index (χ2v) is 5.62. The Labute approximate surface area is 237 Å². The molecule has 0 fully saturated rings. The normalized spacial score (nSPS) is 15.0. The molecule has 0 saturated heterocycles. The van der Waals surface area contributed by atoms with Crippen molar-refractivity contribution in [1.29, 1.82) is 0 Å². The molecule has 37 heavy (non-hydrogen) atoms. The topological polar surface area (TPSA) is 275 Å². The van der Waals surface area contributed by atoms with Gasteiger partial charge in [-0.25, -0.2) is 0 Å². The van der Waals surface area contributed by atoms with E-state index >= 15 is 0 Å². The summed E-state index contributed by atoms with van der Waals surface area (Å²) in [6, 6.07) is 0. The Kier molecular flexibility index (Phi) is 22.5. The van der Waals surface area contributed by atoms with E-state index in [1.165, 1.54) is 14.2 Å². The minimum Gasteiger partial charge on any atom is -0.493 e. The molecule has 2 aliphatic carbocycles. The molecule has 1 radical (unpaired) electrons. The Morgan fingerprint density at radius 2 is 0.973 bits per heavy atom. The van der Waals surface area contributed by atoms with Crippen molar-refractivity contribution in [2.75, 3.05) is 27.3 Å². The third kappa shape index (κ3) is 20.9. The molecule has 0 aromatic carbocycles. The molecule has 0 spiro atoms. The van der Waals surface area contributed by atoms with Crippen LogP contribution in [0.2, 0.25) is 0 Å². The molecule has 0 aromatic heterocycles. The van der Waals surface area contributed by atoms with Crippen molar-refractivity contribution in [3.8, 4) is 0 Å². The van der Waals surface area contributed by atoms with Crippen LogP contribution in [0.5, 0.6) is 0 Å². The number of nitrogens with zero attached hydrogens (tertiary/aromatic N) is 3. The summed E-state index contributed by atoms with van der Waals surface area (Å²) in [4.78, 5) is 48.6. The molecule has 2 rings (SSSR count). The molecular formula is C18H20ErN5O13. The van der Waals surface area contributed by atoms with Crippen molar-refractivity contribution in [3.63, 3.8) is 0 Å². The second kappa shape index (κ2) is 22.3. The van der Waals surface area contributed by atoms with Crippen molar-refractivity contribution >= 4 is 11.6 Å². The Morgan fingerprint density at radius 3 is 1.22 bits per heavy atom. The number of methoxy groups -OCH3 is 2. The van der Waals surface area contributed by atoms with Gasteiger partial charge in [0.15, 0.2) is 11.5 Å². The molecule has 0 atom stereocenters. The summed E-state index contributed by atoms with van der Waals surface area (Å²) in [6.45, 7) is 1.18. The number of rotatable bonds is 7. The molecule has 0 amide bonds. The fourth-order valence-corrected chi connectivity index (χ4v) is 2.12. The maximum absolute atomic E-state index is 11.9. The van der Waals surface area contributed by atoms with Crippen molar-refractivity contribution in [2.45, 2.75) is 0 Å². The Bertz CT molecular complexity index is 886. The summed E-state index contributed by atoms with van der Waals surface area (Å²) >= 11 is 0. The van der Waals surface area contributed by atoms with Crippen LogP contribution in [0.1, 0.15) is 0 Å². The van der Waals surface area contributed by atoms with E-state index in [-0.39, 0.29) is 48.9 Å². The van der Waals surface area contributed by atoms with Gasteiger partial charge in [0.1, 0.15) is 0 Å². The third-order valence-corrected chi connectivity index (χ3v) is 3.39. The molecule has 2 N–H and O–H groups in total. The van der Waals surface area contributed by atoms with Gasteiger partial charge < -0.3 is 66.1 Å². The van der Waals surface area contributed by atoms with E-state index < -0.39 is 15.3 Å². The van der Waals surface area contributed by atoms with E-state index in [0.29, 0.717) is 35.8 Å². The monoisotopic (exact) mass is 680 g/mol. The van der Waals surface area contributed by atoms with Gasteiger partial charge in [-0.05, 0) is 24.3 Å². The largest absolute Gasteiger partial charge is 3.00 e. The molecular weight excluding hydrogens is 661 g/mol. The third-order valence-electron chi connectivity index (χ3n) is 3.39. The zero-order valence-electron chi connectivity index (χ0n) is 19.0. The molecule has 2 aliphatic rings. The molecule has 0 aliphatic heterocycles. The molecule has 0 saturated carbocycles. The van der Waals surface area contributed by atoms with Gasteiger partial charge in [-0.3, -0.25) is 9.59 Å². The van der Waals surface area contributed by atoms with Gasteiger partial charge in [0, 0.05) is 36.6 Å². The summed E-state index contributed by atoms with van der Waals surface area (Å²) in [7, 11) is 2.94. The van der Waals surface area contributed by atoms with Gasteiger partial charge in [-0.2, -0.15) is 0 Å². The summed E-state index contributed by atoms with van der Waals surface area (Å²) in [6.07, 6.45) is 13.5. The van der Waals surface area contributed by atoms with Crippen LogP contribution in [-0.2, 0) is 19.1 Å². The molecule has 0 bridgehead atoms. The summed E-state index contributed by atoms with van der Waals surface area (Å²) in [5.74, 6) is 0.329. The first-order valence-corrected chi connectivity index (χ1v) is 9.13. The molecule has 19 heteroatoms. The van der Waals surface area contributed by atoms with Crippen molar-refractivity contribution in [1.82, 2.24) is 10.6 Å². The van der Waals surface area contributed by atoms with Crippen molar-refractivity contribution < 1.29 is 71.6 Å². The number of carbonyl (C=O) groups excluding carboxylic acids is 2. The molecule has 0 heterocycles. The predicted molar refractivity (Wildman–Crippen MR) is 122 cm³/mol. The zero-order chi connectivity index (χ0) is 28.1. The van der Waals surface area contributed by atoms with Gasteiger partial charge in [-0.1, -0.05) is 12.2 Å². The van der Waals surface area contributed by atoms with Crippen LogP contribution in [0.15, 0.2) is 71.5 Å². The number of hydrogen-bond acceptors (Lipinski definition) is 15. The predicted octanol–water partition coefficient (Wildman–Crippen LogP) is 0.555. The number of carbonyl (C=O) groups is 2. The number of nitrogens with one attached hydrogen (secondary N) is 2. The van der Waals surface area contributed by atoms with Crippen molar-refractivity contribution in [3.05, 3.63) is 117 Å². The second-order valence-electron chi connectivity index (χ2n) is 5.62. The Morgan fingerprint density at radius 1 is 0.703 bits per heavy atom. The smallest absolute Gasteiger partial charge is 0.493 e. The molecule has 207 valence electrons. The Balaban J connectivity index is -0.000000747. The number of Topliss-reactive ketones (excluding diaryl/α,β-unsaturated/α-hetero) is 2. The summed E-state index contributed by atoms with van der Waals surface area (Å²) in [5.41, 5.74) is 1.07. The number of hydrogen-bond donors (Lipinski definition) is 2. The van der Waals surface area contributed by atoms with E-state index in [1.54, 1.807) is 48.9 Å². The van der Waals surface area contributed by atoms with Crippen LogP contribution >= 0.6 is 0 Å². The average Bonchev–Trinajstić information content (AvgIpc) is 2.77. The first-order valence-electron chi connectivity index (χ1n) is 9.13. The average molecular weight is 682 g/mol. The minimum atomic E-state index is -1.75. The van der Waals surface area contributed by atoms with Gasteiger partial charge in [0.2, 0.25) is 11.6 Å². The first kappa shape index (κ1) is 37.4. The zero-order valence-corrected chi connectivity index (χ0v) is 20.8. The van der Waals surface area contributed by atoms with Crippen LogP contribution in [0.3, 0.4) is 0 Å². The first-order chi connectivity index (χ1) is 16.9. The van der Waals surface area contributed by atoms with Crippen LogP contribution in [-0.4, -0.2) is 54.1 Å². The number of ketones is 2. The van der Waals surface area contributed by atoms with E-state index in [9.17, 15) is 9.59 Å². The van der Waals surface area contributed by atoms with Crippen molar-refractivity contribution in [2.24, 2.45) is 0 Å². The summed E-state index contributed by atoms with van der Waals surface area (Å²) < 4.78 is 9.98. The summed E-state index contributed by atoms with van der Waals surface area (Å²) in [5, 5.41) is 50.4. The standard InChI is InChI=1S/C18H20N2O4.Er.3NO3/c1-23-15-7-3-5-13(17(15)21)11-19-9-10-20-12-14-6-4-8-16(24-2)18(14)22;;3*2-1(3)4/h3-8,11-12,19-20H,9-10H2,1-2H3;;;;/q;+3;3*-1/b13-11-,14-12-;;;;. The Hall–Kier alpha value is -4.17. The van der Waals surface area contributed by atoms with E-state index in [1.807, 2.05) is 0 Å². The molecule has 0 unspecified atom stereocenters. The van der Waals surface area contributed by atoms with Crippen LogP contribution in [0, 0.1) is 83.3 Å². The van der Waals surface area contributed by atoms with Crippen LogP contribution in [0.25, 0.3) is 0 Å². The maximum atomic E-state index is 11.9. The fraction of sp³-hybridized carbons (Fsp3) is 0.222. The molecule has 0 aromatic rings. The van der Waals surface area contributed by atoms with Gasteiger partial charge in [0.25, 0.3) is 0 Å². The van der Waals surface area contributed by atoms with Crippen LogP contribution < -0.4 is 10.6 Å².